The van der Waals surface area contributed by atoms with Crippen molar-refractivity contribution in [1.29, 1.82) is 0 Å². The van der Waals surface area contributed by atoms with E-state index in [0.717, 1.165) is 37.7 Å². The van der Waals surface area contributed by atoms with Crippen LogP contribution in [0.25, 0.3) is 0 Å². The van der Waals surface area contributed by atoms with Gasteiger partial charge in [-0.25, -0.2) is 0 Å². The Bertz CT molecular complexity index is 819. The summed E-state index contributed by atoms with van der Waals surface area (Å²) in [6.45, 7) is 0.896. The van der Waals surface area contributed by atoms with Gasteiger partial charge in [0.1, 0.15) is 12.4 Å². The maximum absolute atomic E-state index is 13.4. The fourth-order valence-electron chi connectivity index (χ4n) is 3.80. The van der Waals surface area contributed by atoms with E-state index in [4.69, 9.17) is 32.7 Å². The van der Waals surface area contributed by atoms with Crippen molar-refractivity contribution in [3.8, 4) is 5.75 Å². The molecule has 1 aliphatic rings. The third kappa shape index (κ3) is 4.62. The van der Waals surface area contributed by atoms with E-state index >= 15 is 0 Å². The SMILES string of the molecule is COCCOc1ccc(NC(=O)C2(c3ccccc3Cl)CCCCC2)cc1Cl. The number of benzene rings is 2. The fourth-order valence-corrected chi connectivity index (χ4v) is 4.36. The zero-order chi connectivity index (χ0) is 20.0. The van der Waals surface area contributed by atoms with Gasteiger partial charge in [0.15, 0.2) is 0 Å². The molecule has 0 aliphatic heterocycles. The van der Waals surface area contributed by atoms with Crippen molar-refractivity contribution in [1.82, 2.24) is 0 Å². The van der Waals surface area contributed by atoms with Crippen LogP contribution >= 0.6 is 23.2 Å². The Labute approximate surface area is 176 Å². The molecule has 3 rings (SSSR count). The highest BCUT2D eigenvalue weighted by Crippen LogP contribution is 2.43. The van der Waals surface area contributed by atoms with Gasteiger partial charge in [0.05, 0.1) is 17.0 Å². The standard InChI is InChI=1S/C22H25Cl2NO3/c1-27-13-14-28-20-10-9-16(15-19(20)24)25-21(26)22(11-5-2-6-12-22)17-7-3-4-8-18(17)23/h3-4,7-10,15H,2,5-6,11-14H2,1H3,(H,25,26). The number of hydrogen-bond donors (Lipinski definition) is 1. The van der Waals surface area contributed by atoms with E-state index in [9.17, 15) is 4.79 Å². The predicted molar refractivity (Wildman–Crippen MR) is 114 cm³/mol. The van der Waals surface area contributed by atoms with Crippen LogP contribution in [-0.2, 0) is 14.9 Å². The molecular weight excluding hydrogens is 397 g/mol. The Morgan fingerprint density at radius 3 is 2.46 bits per heavy atom. The average Bonchev–Trinajstić information content (AvgIpc) is 2.70. The zero-order valence-corrected chi connectivity index (χ0v) is 17.5. The Morgan fingerprint density at radius 2 is 1.79 bits per heavy atom. The summed E-state index contributed by atoms with van der Waals surface area (Å²) in [5.41, 5.74) is 0.932. The van der Waals surface area contributed by atoms with Crippen LogP contribution in [0.4, 0.5) is 5.69 Å². The van der Waals surface area contributed by atoms with Crippen molar-refractivity contribution in [3.63, 3.8) is 0 Å². The lowest BCUT2D eigenvalue weighted by atomic mass is 9.68. The van der Waals surface area contributed by atoms with E-state index in [2.05, 4.69) is 5.32 Å². The van der Waals surface area contributed by atoms with E-state index in [-0.39, 0.29) is 5.91 Å². The molecule has 0 radical (unpaired) electrons. The van der Waals surface area contributed by atoms with Gasteiger partial charge in [-0.2, -0.15) is 0 Å². The number of methoxy groups -OCH3 is 1. The van der Waals surface area contributed by atoms with Crippen molar-refractivity contribution in [2.45, 2.75) is 37.5 Å². The number of ether oxygens (including phenoxy) is 2. The Hall–Kier alpha value is -1.75. The van der Waals surface area contributed by atoms with Gasteiger partial charge in [-0.1, -0.05) is 60.7 Å². The molecule has 6 heteroatoms. The molecule has 150 valence electrons. The van der Waals surface area contributed by atoms with E-state index in [1.165, 1.54) is 0 Å². The maximum atomic E-state index is 13.4. The molecule has 0 atom stereocenters. The number of amides is 1. The summed E-state index contributed by atoms with van der Waals surface area (Å²) >= 11 is 12.8. The van der Waals surface area contributed by atoms with Crippen LogP contribution < -0.4 is 10.1 Å². The molecule has 1 N–H and O–H groups in total. The number of anilines is 1. The summed E-state index contributed by atoms with van der Waals surface area (Å²) < 4.78 is 10.5. The average molecular weight is 422 g/mol. The second-order valence-electron chi connectivity index (χ2n) is 7.06. The highest BCUT2D eigenvalue weighted by molar-refractivity contribution is 6.32. The summed E-state index contributed by atoms with van der Waals surface area (Å²) in [5, 5.41) is 4.14. The first-order chi connectivity index (χ1) is 13.6. The molecule has 2 aromatic rings. The molecule has 4 nitrogen and oxygen atoms in total. The van der Waals surface area contributed by atoms with E-state index in [1.54, 1.807) is 25.3 Å². The zero-order valence-electron chi connectivity index (χ0n) is 16.0. The van der Waals surface area contributed by atoms with Gasteiger partial charge in [-0.3, -0.25) is 4.79 Å². The van der Waals surface area contributed by atoms with E-state index in [1.807, 2.05) is 24.3 Å². The Balaban J connectivity index is 1.81. The molecule has 0 aromatic heterocycles. The molecule has 1 fully saturated rings. The van der Waals surface area contributed by atoms with Crippen molar-refractivity contribution >= 4 is 34.8 Å². The van der Waals surface area contributed by atoms with Gasteiger partial charge >= 0.3 is 0 Å². The molecule has 0 spiro atoms. The normalized spacial score (nSPS) is 15.8. The Kier molecular flexibility index (Phi) is 7.22. The molecule has 28 heavy (non-hydrogen) atoms. The highest BCUT2D eigenvalue weighted by Gasteiger charge is 2.42. The lowest BCUT2D eigenvalue weighted by molar-refractivity contribution is -0.122. The van der Waals surface area contributed by atoms with Gasteiger partial charge in [0.2, 0.25) is 5.91 Å². The van der Waals surface area contributed by atoms with Crippen molar-refractivity contribution in [2.75, 3.05) is 25.6 Å². The van der Waals surface area contributed by atoms with Crippen LogP contribution in [0.2, 0.25) is 10.0 Å². The molecule has 1 saturated carbocycles. The number of nitrogens with one attached hydrogen (secondary N) is 1. The summed E-state index contributed by atoms with van der Waals surface area (Å²) in [5.74, 6) is 0.527. The Morgan fingerprint density at radius 1 is 1.04 bits per heavy atom. The first-order valence-electron chi connectivity index (χ1n) is 9.54. The van der Waals surface area contributed by atoms with Gasteiger partial charge in [0.25, 0.3) is 0 Å². The maximum Gasteiger partial charge on any atom is 0.235 e. The minimum absolute atomic E-state index is 0.0376. The van der Waals surface area contributed by atoms with Crippen LogP contribution in [0.3, 0.4) is 0 Å². The second kappa shape index (κ2) is 9.64. The van der Waals surface area contributed by atoms with Crippen molar-refractivity contribution < 1.29 is 14.3 Å². The number of rotatable bonds is 7. The lowest BCUT2D eigenvalue weighted by Crippen LogP contribution is -2.42. The third-order valence-corrected chi connectivity index (χ3v) is 5.89. The van der Waals surface area contributed by atoms with Crippen LogP contribution in [0.15, 0.2) is 42.5 Å². The van der Waals surface area contributed by atoms with Crippen molar-refractivity contribution in [3.05, 3.63) is 58.1 Å². The van der Waals surface area contributed by atoms with Crippen LogP contribution in [0, 0.1) is 0 Å². The molecule has 0 bridgehead atoms. The lowest BCUT2D eigenvalue weighted by Gasteiger charge is -2.37. The summed E-state index contributed by atoms with van der Waals surface area (Å²) in [6, 6.07) is 12.9. The summed E-state index contributed by atoms with van der Waals surface area (Å²) in [6.07, 6.45) is 4.72. The molecule has 1 aliphatic carbocycles. The summed E-state index contributed by atoms with van der Waals surface area (Å²) in [7, 11) is 1.61. The number of carbonyl (C=O) groups is 1. The van der Waals surface area contributed by atoms with E-state index in [0.29, 0.717) is 34.7 Å². The first-order valence-corrected chi connectivity index (χ1v) is 10.3. The van der Waals surface area contributed by atoms with Gasteiger partial charge < -0.3 is 14.8 Å². The minimum Gasteiger partial charge on any atom is -0.490 e. The van der Waals surface area contributed by atoms with Gasteiger partial charge in [0, 0.05) is 17.8 Å². The topological polar surface area (TPSA) is 47.6 Å². The van der Waals surface area contributed by atoms with Crippen LogP contribution in [0.1, 0.15) is 37.7 Å². The number of carbonyl (C=O) groups excluding carboxylic acids is 1. The molecule has 1 amide bonds. The van der Waals surface area contributed by atoms with Gasteiger partial charge in [-0.15, -0.1) is 0 Å². The smallest absolute Gasteiger partial charge is 0.235 e. The number of hydrogen-bond acceptors (Lipinski definition) is 3. The molecule has 0 heterocycles. The largest absolute Gasteiger partial charge is 0.490 e. The fraction of sp³-hybridized carbons (Fsp3) is 0.409. The summed E-state index contributed by atoms with van der Waals surface area (Å²) in [4.78, 5) is 13.4. The van der Waals surface area contributed by atoms with E-state index < -0.39 is 5.41 Å². The molecular formula is C22H25Cl2NO3. The third-order valence-electron chi connectivity index (χ3n) is 5.27. The molecule has 2 aromatic carbocycles. The second-order valence-corrected chi connectivity index (χ2v) is 7.88. The quantitative estimate of drug-likeness (QED) is 0.569. The first kappa shape index (κ1) is 21.0. The van der Waals surface area contributed by atoms with Crippen molar-refractivity contribution in [2.24, 2.45) is 0 Å². The van der Waals surface area contributed by atoms with Crippen LogP contribution in [-0.4, -0.2) is 26.2 Å². The van der Waals surface area contributed by atoms with Gasteiger partial charge in [-0.05, 0) is 42.7 Å². The monoisotopic (exact) mass is 421 g/mol. The number of halogens is 2. The highest BCUT2D eigenvalue weighted by atomic mass is 35.5. The minimum atomic E-state index is -0.614. The molecule has 0 unspecified atom stereocenters. The molecule has 0 saturated heterocycles. The van der Waals surface area contributed by atoms with Crippen LogP contribution in [0.5, 0.6) is 5.75 Å². The predicted octanol–water partition coefficient (Wildman–Crippen LogP) is 5.86.